The first-order valence-corrected chi connectivity index (χ1v) is 8.41. The van der Waals surface area contributed by atoms with Crippen molar-refractivity contribution in [1.82, 2.24) is 9.55 Å². The van der Waals surface area contributed by atoms with Crippen molar-refractivity contribution >= 4 is 5.95 Å². The summed E-state index contributed by atoms with van der Waals surface area (Å²) in [6.07, 6.45) is 8.50. The SMILES string of the molecule is COCCCn1cc(C)nc1NC1CCCCC1C(C)C. The number of hydrogen-bond acceptors (Lipinski definition) is 3. The molecule has 0 radical (unpaired) electrons. The summed E-state index contributed by atoms with van der Waals surface area (Å²) in [7, 11) is 1.76. The molecule has 4 heteroatoms. The molecule has 2 unspecified atom stereocenters. The summed E-state index contributed by atoms with van der Waals surface area (Å²) >= 11 is 0. The van der Waals surface area contributed by atoms with E-state index in [9.17, 15) is 0 Å². The van der Waals surface area contributed by atoms with E-state index in [1.807, 2.05) is 0 Å². The maximum Gasteiger partial charge on any atom is 0.203 e. The fraction of sp³-hybridized carbons (Fsp3) is 0.824. The van der Waals surface area contributed by atoms with Crippen LogP contribution in [-0.2, 0) is 11.3 Å². The number of methoxy groups -OCH3 is 1. The molecular weight excluding hydrogens is 262 g/mol. The smallest absolute Gasteiger partial charge is 0.203 e. The normalized spacial score (nSPS) is 22.7. The Balaban J connectivity index is 2.03. The number of anilines is 1. The van der Waals surface area contributed by atoms with Crippen LogP contribution in [0.2, 0.25) is 0 Å². The first-order valence-electron chi connectivity index (χ1n) is 8.41. The van der Waals surface area contributed by atoms with Gasteiger partial charge in [0.15, 0.2) is 0 Å². The van der Waals surface area contributed by atoms with Gasteiger partial charge in [0.05, 0.1) is 5.69 Å². The minimum Gasteiger partial charge on any atom is -0.385 e. The van der Waals surface area contributed by atoms with E-state index in [4.69, 9.17) is 4.74 Å². The molecule has 1 aromatic rings. The number of nitrogens with one attached hydrogen (secondary N) is 1. The van der Waals surface area contributed by atoms with Crippen molar-refractivity contribution in [2.45, 2.75) is 65.5 Å². The van der Waals surface area contributed by atoms with Gasteiger partial charge in [-0.1, -0.05) is 26.7 Å². The highest BCUT2D eigenvalue weighted by atomic mass is 16.5. The number of aryl methyl sites for hydroxylation is 2. The van der Waals surface area contributed by atoms with Crippen LogP contribution in [0.3, 0.4) is 0 Å². The van der Waals surface area contributed by atoms with Crippen LogP contribution in [0.25, 0.3) is 0 Å². The molecule has 0 saturated heterocycles. The van der Waals surface area contributed by atoms with Crippen LogP contribution >= 0.6 is 0 Å². The zero-order valence-electron chi connectivity index (χ0n) is 14.1. The van der Waals surface area contributed by atoms with Gasteiger partial charge >= 0.3 is 0 Å². The highest BCUT2D eigenvalue weighted by Crippen LogP contribution is 2.32. The summed E-state index contributed by atoms with van der Waals surface area (Å²) in [5, 5.41) is 3.74. The van der Waals surface area contributed by atoms with Gasteiger partial charge in [-0.2, -0.15) is 0 Å². The van der Waals surface area contributed by atoms with Gasteiger partial charge < -0.3 is 14.6 Å². The van der Waals surface area contributed by atoms with E-state index in [0.29, 0.717) is 6.04 Å². The molecule has 1 saturated carbocycles. The van der Waals surface area contributed by atoms with Crippen LogP contribution in [0.4, 0.5) is 5.95 Å². The lowest BCUT2D eigenvalue weighted by molar-refractivity contribution is 0.190. The molecule has 120 valence electrons. The predicted molar refractivity (Wildman–Crippen MR) is 87.7 cm³/mol. The summed E-state index contributed by atoms with van der Waals surface area (Å²) in [5.74, 6) is 2.55. The van der Waals surface area contributed by atoms with Crippen LogP contribution < -0.4 is 5.32 Å². The zero-order valence-corrected chi connectivity index (χ0v) is 14.1. The molecular formula is C17H31N3O. The van der Waals surface area contributed by atoms with Crippen molar-refractivity contribution in [3.8, 4) is 0 Å². The van der Waals surface area contributed by atoms with Gasteiger partial charge in [0.25, 0.3) is 0 Å². The first kappa shape index (κ1) is 16.3. The van der Waals surface area contributed by atoms with Crippen molar-refractivity contribution in [3.63, 3.8) is 0 Å². The van der Waals surface area contributed by atoms with Gasteiger partial charge in [-0.05, 0) is 38.0 Å². The Hall–Kier alpha value is -1.03. The maximum absolute atomic E-state index is 5.15. The van der Waals surface area contributed by atoms with E-state index < -0.39 is 0 Å². The third-order valence-electron chi connectivity index (χ3n) is 4.63. The fourth-order valence-corrected chi connectivity index (χ4v) is 3.51. The average Bonchev–Trinajstić information content (AvgIpc) is 2.79. The molecule has 0 aromatic carbocycles. The van der Waals surface area contributed by atoms with Gasteiger partial charge in [0.2, 0.25) is 5.95 Å². The van der Waals surface area contributed by atoms with E-state index in [2.05, 4.69) is 41.8 Å². The maximum atomic E-state index is 5.15. The highest BCUT2D eigenvalue weighted by molar-refractivity contribution is 5.31. The fourth-order valence-electron chi connectivity index (χ4n) is 3.51. The number of ether oxygens (including phenoxy) is 1. The Labute approximate surface area is 129 Å². The molecule has 21 heavy (non-hydrogen) atoms. The molecule has 1 aliphatic carbocycles. The molecule has 0 bridgehead atoms. The van der Waals surface area contributed by atoms with E-state index >= 15 is 0 Å². The summed E-state index contributed by atoms with van der Waals surface area (Å²) in [6.45, 7) is 8.53. The zero-order chi connectivity index (χ0) is 15.2. The number of imidazole rings is 1. The second kappa shape index (κ2) is 7.83. The molecule has 2 rings (SSSR count). The van der Waals surface area contributed by atoms with Crippen LogP contribution in [0.5, 0.6) is 0 Å². The van der Waals surface area contributed by atoms with E-state index in [-0.39, 0.29) is 0 Å². The molecule has 4 nitrogen and oxygen atoms in total. The van der Waals surface area contributed by atoms with Crippen LogP contribution in [-0.4, -0.2) is 29.3 Å². The minimum absolute atomic E-state index is 0.571. The monoisotopic (exact) mass is 293 g/mol. The average molecular weight is 293 g/mol. The van der Waals surface area contributed by atoms with Crippen molar-refractivity contribution < 1.29 is 4.74 Å². The third-order valence-corrected chi connectivity index (χ3v) is 4.63. The first-order chi connectivity index (χ1) is 10.1. The van der Waals surface area contributed by atoms with Gasteiger partial charge in [-0.15, -0.1) is 0 Å². The van der Waals surface area contributed by atoms with E-state index in [1.54, 1.807) is 7.11 Å². The van der Waals surface area contributed by atoms with E-state index in [0.717, 1.165) is 43.1 Å². The highest BCUT2D eigenvalue weighted by Gasteiger charge is 2.28. The van der Waals surface area contributed by atoms with E-state index in [1.165, 1.54) is 25.7 Å². The third kappa shape index (κ3) is 4.47. The van der Waals surface area contributed by atoms with Crippen LogP contribution in [0.1, 0.15) is 51.6 Å². The lowest BCUT2D eigenvalue weighted by atomic mass is 9.78. The lowest BCUT2D eigenvalue weighted by Gasteiger charge is -2.35. The summed E-state index contributed by atoms with van der Waals surface area (Å²) in [4.78, 5) is 4.69. The van der Waals surface area contributed by atoms with Gasteiger partial charge in [-0.25, -0.2) is 4.98 Å². The van der Waals surface area contributed by atoms with Crippen molar-refractivity contribution in [2.24, 2.45) is 11.8 Å². The van der Waals surface area contributed by atoms with Gasteiger partial charge in [0, 0.05) is 32.5 Å². The molecule has 1 fully saturated rings. The Kier molecular flexibility index (Phi) is 6.09. The summed E-state index contributed by atoms with van der Waals surface area (Å²) in [5.41, 5.74) is 1.09. The minimum atomic E-state index is 0.571. The van der Waals surface area contributed by atoms with Crippen LogP contribution in [0.15, 0.2) is 6.20 Å². The summed E-state index contributed by atoms with van der Waals surface area (Å²) < 4.78 is 7.40. The Morgan fingerprint density at radius 2 is 2.14 bits per heavy atom. The molecule has 0 aliphatic heterocycles. The molecule has 0 amide bonds. The number of hydrogen-bond donors (Lipinski definition) is 1. The van der Waals surface area contributed by atoms with Gasteiger partial charge in [-0.3, -0.25) is 0 Å². The Morgan fingerprint density at radius 3 is 2.86 bits per heavy atom. The van der Waals surface area contributed by atoms with Crippen LogP contribution in [0, 0.1) is 18.8 Å². The standard InChI is InChI=1S/C17H31N3O/c1-13(2)15-8-5-6-9-16(15)19-17-18-14(3)12-20(17)10-7-11-21-4/h12-13,15-16H,5-11H2,1-4H3,(H,18,19). The molecule has 2 atom stereocenters. The Morgan fingerprint density at radius 1 is 1.38 bits per heavy atom. The number of aromatic nitrogens is 2. The largest absolute Gasteiger partial charge is 0.385 e. The van der Waals surface area contributed by atoms with Gasteiger partial charge in [0.1, 0.15) is 0 Å². The molecule has 1 heterocycles. The quantitative estimate of drug-likeness (QED) is 0.776. The molecule has 0 spiro atoms. The van der Waals surface area contributed by atoms with Crippen molar-refractivity contribution in [2.75, 3.05) is 19.0 Å². The number of rotatable bonds is 7. The summed E-state index contributed by atoms with van der Waals surface area (Å²) in [6, 6.07) is 0.571. The van der Waals surface area contributed by atoms with Crippen molar-refractivity contribution in [1.29, 1.82) is 0 Å². The van der Waals surface area contributed by atoms with Crippen molar-refractivity contribution in [3.05, 3.63) is 11.9 Å². The number of nitrogens with zero attached hydrogens (tertiary/aromatic N) is 2. The predicted octanol–water partition coefficient (Wildman–Crippen LogP) is 3.85. The molecule has 1 aliphatic rings. The lowest BCUT2D eigenvalue weighted by Crippen LogP contribution is -2.36. The molecule has 1 aromatic heterocycles. The Bertz CT molecular complexity index is 428. The topological polar surface area (TPSA) is 39.1 Å². The second-order valence-corrected chi connectivity index (χ2v) is 6.69. The molecule has 1 N–H and O–H groups in total. The second-order valence-electron chi connectivity index (χ2n) is 6.69.